The molecule has 1 aliphatic rings. The molecule has 27 heavy (non-hydrogen) atoms. The molecule has 1 N–H and O–H groups in total. The van der Waals surface area contributed by atoms with Gasteiger partial charge in [-0.1, -0.05) is 48.9 Å². The van der Waals surface area contributed by atoms with Crippen LogP contribution in [0, 0.1) is 6.92 Å². The van der Waals surface area contributed by atoms with Crippen LogP contribution in [0.1, 0.15) is 55.0 Å². The molecule has 1 heterocycles. The third-order valence-electron chi connectivity index (χ3n) is 5.43. The van der Waals surface area contributed by atoms with Gasteiger partial charge < -0.3 is 10.1 Å². The van der Waals surface area contributed by atoms with Crippen molar-refractivity contribution in [3.63, 3.8) is 0 Å². The summed E-state index contributed by atoms with van der Waals surface area (Å²) in [6.07, 6.45) is 3.10. The van der Waals surface area contributed by atoms with Crippen molar-refractivity contribution in [1.82, 2.24) is 10.2 Å². The summed E-state index contributed by atoms with van der Waals surface area (Å²) >= 11 is 0. The zero-order valence-electron chi connectivity index (χ0n) is 16.6. The van der Waals surface area contributed by atoms with Gasteiger partial charge in [-0.3, -0.25) is 9.69 Å². The van der Waals surface area contributed by atoms with Crippen molar-refractivity contribution in [2.75, 3.05) is 20.2 Å². The van der Waals surface area contributed by atoms with E-state index >= 15 is 0 Å². The largest absolute Gasteiger partial charge is 0.497 e. The van der Waals surface area contributed by atoms with Crippen molar-refractivity contribution in [3.05, 3.63) is 65.2 Å². The van der Waals surface area contributed by atoms with E-state index < -0.39 is 0 Å². The summed E-state index contributed by atoms with van der Waals surface area (Å²) in [6, 6.07) is 17.0. The Morgan fingerprint density at radius 3 is 2.52 bits per heavy atom. The highest BCUT2D eigenvalue weighted by Gasteiger charge is 2.28. The molecule has 1 amide bonds. The summed E-state index contributed by atoms with van der Waals surface area (Å²) in [5.74, 6) is 0.966. The molecule has 0 bridgehead atoms. The molecule has 2 aromatic rings. The van der Waals surface area contributed by atoms with Crippen molar-refractivity contribution in [1.29, 1.82) is 0 Å². The summed E-state index contributed by atoms with van der Waals surface area (Å²) in [7, 11) is 1.68. The first kappa shape index (κ1) is 19.4. The van der Waals surface area contributed by atoms with Crippen molar-refractivity contribution >= 4 is 5.91 Å². The Kier molecular flexibility index (Phi) is 6.51. The summed E-state index contributed by atoms with van der Waals surface area (Å²) in [5, 5.41) is 3.22. The Hall–Kier alpha value is -2.33. The standard InChI is InChI=1S/C23H30N2O2/c1-4-21(18-9-7-17(2)8-10-18)24-23(26)16-25-15-5-6-22(25)19-11-13-20(27-3)14-12-19/h7-14,21-22H,4-6,15-16H2,1-3H3,(H,24,26)/t21-,22-/m1/s1. The molecule has 0 radical (unpaired) electrons. The van der Waals surface area contributed by atoms with Crippen LogP contribution >= 0.6 is 0 Å². The fourth-order valence-corrected chi connectivity index (χ4v) is 3.86. The fraction of sp³-hybridized carbons (Fsp3) is 0.435. The number of likely N-dealkylation sites (tertiary alicyclic amines) is 1. The van der Waals surface area contributed by atoms with Crippen molar-refractivity contribution in [3.8, 4) is 5.75 Å². The zero-order valence-corrected chi connectivity index (χ0v) is 16.6. The van der Waals surface area contributed by atoms with E-state index in [1.165, 1.54) is 16.7 Å². The number of carbonyl (C=O) groups excluding carboxylic acids is 1. The topological polar surface area (TPSA) is 41.6 Å². The summed E-state index contributed by atoms with van der Waals surface area (Å²) in [6.45, 7) is 5.60. The lowest BCUT2D eigenvalue weighted by Gasteiger charge is -2.26. The minimum atomic E-state index is 0.0696. The third kappa shape index (κ3) is 4.89. The van der Waals surface area contributed by atoms with Crippen LogP contribution in [0.15, 0.2) is 48.5 Å². The van der Waals surface area contributed by atoms with Gasteiger partial charge in [0.2, 0.25) is 5.91 Å². The van der Waals surface area contributed by atoms with Gasteiger partial charge in [0.05, 0.1) is 19.7 Å². The number of hydrogen-bond donors (Lipinski definition) is 1. The number of benzene rings is 2. The number of carbonyl (C=O) groups is 1. The number of nitrogens with zero attached hydrogens (tertiary/aromatic N) is 1. The van der Waals surface area contributed by atoms with Gasteiger partial charge in [0.25, 0.3) is 0 Å². The van der Waals surface area contributed by atoms with Gasteiger partial charge in [-0.15, -0.1) is 0 Å². The molecule has 0 aromatic heterocycles. The Balaban J connectivity index is 1.62. The summed E-state index contributed by atoms with van der Waals surface area (Å²) < 4.78 is 5.25. The van der Waals surface area contributed by atoms with Crippen molar-refractivity contribution < 1.29 is 9.53 Å². The molecule has 0 aliphatic carbocycles. The van der Waals surface area contributed by atoms with Crippen LogP contribution in [0.4, 0.5) is 0 Å². The molecule has 0 spiro atoms. The van der Waals surface area contributed by atoms with Crippen LogP contribution in [0.3, 0.4) is 0 Å². The second-order valence-electron chi connectivity index (χ2n) is 7.34. The molecular formula is C23H30N2O2. The fourth-order valence-electron chi connectivity index (χ4n) is 3.86. The van der Waals surface area contributed by atoms with Gasteiger partial charge in [0.15, 0.2) is 0 Å². The molecule has 4 heteroatoms. The first-order chi connectivity index (χ1) is 13.1. The van der Waals surface area contributed by atoms with Gasteiger partial charge in [-0.05, 0) is 56.0 Å². The number of rotatable bonds is 7. The summed E-state index contributed by atoms with van der Waals surface area (Å²) in [5.41, 5.74) is 3.66. The monoisotopic (exact) mass is 366 g/mol. The Morgan fingerprint density at radius 1 is 1.19 bits per heavy atom. The lowest BCUT2D eigenvalue weighted by atomic mass is 10.0. The lowest BCUT2D eigenvalue weighted by Crippen LogP contribution is -2.38. The Bertz CT molecular complexity index is 740. The van der Waals surface area contributed by atoms with Crippen LogP contribution in [-0.4, -0.2) is 31.0 Å². The highest BCUT2D eigenvalue weighted by molar-refractivity contribution is 5.78. The van der Waals surface area contributed by atoms with E-state index in [1.807, 2.05) is 12.1 Å². The highest BCUT2D eigenvalue weighted by atomic mass is 16.5. The Labute approximate surface area is 162 Å². The minimum absolute atomic E-state index is 0.0696. The van der Waals surface area contributed by atoms with Crippen LogP contribution in [0.2, 0.25) is 0 Å². The Morgan fingerprint density at radius 2 is 1.89 bits per heavy atom. The molecule has 4 nitrogen and oxygen atoms in total. The molecule has 1 fully saturated rings. The molecule has 3 rings (SSSR count). The van der Waals surface area contributed by atoms with E-state index in [0.717, 1.165) is 31.6 Å². The maximum Gasteiger partial charge on any atom is 0.234 e. The molecule has 1 saturated heterocycles. The van der Waals surface area contributed by atoms with Gasteiger partial charge in [-0.2, -0.15) is 0 Å². The van der Waals surface area contributed by atoms with Crippen molar-refractivity contribution in [2.45, 2.75) is 45.2 Å². The average Bonchev–Trinajstić information content (AvgIpc) is 3.15. The molecular weight excluding hydrogens is 336 g/mol. The molecule has 0 unspecified atom stereocenters. The van der Waals surface area contributed by atoms with E-state index in [9.17, 15) is 4.79 Å². The number of methoxy groups -OCH3 is 1. The number of aryl methyl sites for hydroxylation is 1. The quantitative estimate of drug-likeness (QED) is 0.789. The van der Waals surface area contributed by atoms with E-state index in [0.29, 0.717) is 12.6 Å². The SMILES string of the molecule is CC[C@@H](NC(=O)CN1CCC[C@@H]1c1ccc(OC)cc1)c1ccc(C)cc1. The maximum absolute atomic E-state index is 12.7. The predicted molar refractivity (Wildman–Crippen MR) is 109 cm³/mol. The summed E-state index contributed by atoms with van der Waals surface area (Å²) in [4.78, 5) is 15.0. The molecule has 2 atom stereocenters. The molecule has 0 saturated carbocycles. The second kappa shape index (κ2) is 9.05. The second-order valence-corrected chi connectivity index (χ2v) is 7.34. The van der Waals surface area contributed by atoms with E-state index in [1.54, 1.807) is 7.11 Å². The molecule has 2 aromatic carbocycles. The van der Waals surface area contributed by atoms with Crippen LogP contribution < -0.4 is 10.1 Å². The van der Waals surface area contributed by atoms with Gasteiger partial charge in [0.1, 0.15) is 5.75 Å². The van der Waals surface area contributed by atoms with Crippen LogP contribution in [-0.2, 0) is 4.79 Å². The van der Waals surface area contributed by atoms with E-state index in [2.05, 4.69) is 60.5 Å². The minimum Gasteiger partial charge on any atom is -0.497 e. The van der Waals surface area contributed by atoms with Crippen LogP contribution in [0.5, 0.6) is 5.75 Å². The number of nitrogens with one attached hydrogen (secondary N) is 1. The molecule has 144 valence electrons. The first-order valence-electron chi connectivity index (χ1n) is 9.84. The van der Waals surface area contributed by atoms with Crippen LogP contribution in [0.25, 0.3) is 0 Å². The average molecular weight is 367 g/mol. The number of ether oxygens (including phenoxy) is 1. The maximum atomic E-state index is 12.7. The highest BCUT2D eigenvalue weighted by Crippen LogP contribution is 2.32. The normalized spacial score (nSPS) is 18.3. The van der Waals surface area contributed by atoms with Gasteiger partial charge in [-0.25, -0.2) is 0 Å². The lowest BCUT2D eigenvalue weighted by molar-refractivity contribution is -0.123. The number of hydrogen-bond acceptors (Lipinski definition) is 3. The molecule has 1 aliphatic heterocycles. The van der Waals surface area contributed by atoms with Gasteiger partial charge in [0, 0.05) is 6.04 Å². The zero-order chi connectivity index (χ0) is 19.2. The number of amides is 1. The van der Waals surface area contributed by atoms with Crippen molar-refractivity contribution in [2.24, 2.45) is 0 Å². The van der Waals surface area contributed by atoms with Gasteiger partial charge >= 0.3 is 0 Å². The van der Waals surface area contributed by atoms with E-state index in [4.69, 9.17) is 4.74 Å². The first-order valence-corrected chi connectivity index (χ1v) is 9.84. The van der Waals surface area contributed by atoms with E-state index in [-0.39, 0.29) is 11.9 Å². The third-order valence-corrected chi connectivity index (χ3v) is 5.43. The predicted octanol–water partition coefficient (Wildman–Crippen LogP) is 4.41. The smallest absolute Gasteiger partial charge is 0.234 e.